The Morgan fingerprint density at radius 2 is 2.13 bits per heavy atom. The van der Waals surface area contributed by atoms with Gasteiger partial charge in [0.15, 0.2) is 0 Å². The van der Waals surface area contributed by atoms with Gasteiger partial charge in [-0.3, -0.25) is 0 Å². The van der Waals surface area contributed by atoms with Crippen LogP contribution in [0.3, 0.4) is 0 Å². The van der Waals surface area contributed by atoms with Gasteiger partial charge in [0.25, 0.3) is 0 Å². The summed E-state index contributed by atoms with van der Waals surface area (Å²) < 4.78 is 12.7. The predicted molar refractivity (Wildman–Crippen MR) is 63.3 cm³/mol. The van der Waals surface area contributed by atoms with Crippen LogP contribution in [-0.4, -0.2) is 16.5 Å². The fourth-order valence-electron chi connectivity index (χ4n) is 1.06. The second-order valence-corrected chi connectivity index (χ2v) is 4.97. The first-order chi connectivity index (χ1) is 7.00. The largest absolute Gasteiger partial charge is 0.398 e. The van der Waals surface area contributed by atoms with Crippen LogP contribution in [0.4, 0.5) is 10.1 Å². The van der Waals surface area contributed by atoms with Crippen LogP contribution in [0.2, 0.25) is 0 Å². The molecule has 0 aliphatic carbocycles. The first-order valence-corrected chi connectivity index (χ1v) is 5.89. The molecule has 1 aromatic rings. The number of hydrogen-bond acceptors (Lipinski definition) is 3. The highest BCUT2D eigenvalue weighted by Crippen LogP contribution is 2.24. The van der Waals surface area contributed by atoms with Crippen LogP contribution in [0.15, 0.2) is 18.2 Å². The molecule has 0 saturated heterocycles. The molecule has 0 aliphatic rings. The molecular weight excluding hydrogens is 213 g/mol. The van der Waals surface area contributed by atoms with E-state index < -0.39 is 0 Å². The van der Waals surface area contributed by atoms with Crippen LogP contribution in [0.5, 0.6) is 0 Å². The van der Waals surface area contributed by atoms with Gasteiger partial charge in [0, 0.05) is 16.7 Å². The van der Waals surface area contributed by atoms with Crippen LogP contribution in [0.25, 0.3) is 0 Å². The number of rotatable bonds is 4. The number of halogens is 1. The first kappa shape index (κ1) is 12.3. The fourth-order valence-corrected chi connectivity index (χ4v) is 2.04. The van der Waals surface area contributed by atoms with Gasteiger partial charge in [-0.25, -0.2) is 4.39 Å². The lowest BCUT2D eigenvalue weighted by Gasteiger charge is -2.14. The number of nitrogens with two attached hydrogens (primary N) is 1. The van der Waals surface area contributed by atoms with Crippen molar-refractivity contribution in [3.63, 3.8) is 0 Å². The van der Waals surface area contributed by atoms with Gasteiger partial charge in [-0.05, 0) is 24.6 Å². The van der Waals surface area contributed by atoms with Gasteiger partial charge in [-0.1, -0.05) is 13.0 Å². The summed E-state index contributed by atoms with van der Waals surface area (Å²) in [7, 11) is 0. The molecule has 0 spiro atoms. The summed E-state index contributed by atoms with van der Waals surface area (Å²) in [5, 5.41) is 9.45. The van der Waals surface area contributed by atoms with Crippen molar-refractivity contribution in [3.05, 3.63) is 29.6 Å². The van der Waals surface area contributed by atoms with Crippen molar-refractivity contribution in [2.24, 2.45) is 0 Å². The number of benzene rings is 1. The fraction of sp³-hybridized carbons (Fsp3) is 0.455. The second kappa shape index (κ2) is 5.37. The predicted octanol–water partition coefficient (Wildman–Crippen LogP) is 2.41. The third-order valence-electron chi connectivity index (χ3n) is 2.29. The third-order valence-corrected chi connectivity index (χ3v) is 3.69. The zero-order valence-electron chi connectivity index (χ0n) is 8.90. The number of aliphatic hydroxyl groups is 1. The average molecular weight is 229 g/mol. The van der Waals surface area contributed by atoms with Gasteiger partial charge in [-0.2, -0.15) is 11.8 Å². The highest BCUT2D eigenvalue weighted by atomic mass is 32.2. The lowest BCUT2D eigenvalue weighted by Crippen LogP contribution is -2.15. The molecule has 0 heterocycles. The molecule has 0 saturated carbocycles. The Morgan fingerprint density at radius 3 is 2.67 bits per heavy atom. The molecule has 84 valence electrons. The van der Waals surface area contributed by atoms with E-state index in [0.29, 0.717) is 11.4 Å². The van der Waals surface area contributed by atoms with Gasteiger partial charge < -0.3 is 10.8 Å². The molecule has 1 rings (SSSR count). The van der Waals surface area contributed by atoms with E-state index in [1.54, 1.807) is 24.8 Å². The molecule has 2 nitrogen and oxygen atoms in total. The van der Waals surface area contributed by atoms with Crippen LogP contribution in [-0.2, 0) is 5.75 Å². The van der Waals surface area contributed by atoms with E-state index >= 15 is 0 Å². The number of nitrogen functional groups attached to an aromatic ring is 1. The number of thioether (sulfide) groups is 1. The maximum atomic E-state index is 12.7. The summed E-state index contributed by atoms with van der Waals surface area (Å²) >= 11 is 1.61. The third kappa shape index (κ3) is 3.72. The highest BCUT2D eigenvalue weighted by Gasteiger charge is 2.10. The van der Waals surface area contributed by atoms with E-state index in [0.717, 1.165) is 5.56 Å². The molecule has 0 bridgehead atoms. The van der Waals surface area contributed by atoms with Crippen LogP contribution in [0.1, 0.15) is 19.4 Å². The Morgan fingerprint density at radius 1 is 1.47 bits per heavy atom. The monoisotopic (exact) mass is 229 g/mol. The van der Waals surface area contributed by atoms with E-state index in [1.165, 1.54) is 12.1 Å². The zero-order valence-corrected chi connectivity index (χ0v) is 9.72. The van der Waals surface area contributed by atoms with Gasteiger partial charge in [0.2, 0.25) is 0 Å². The Labute approximate surface area is 93.7 Å². The van der Waals surface area contributed by atoms with Crippen LogP contribution >= 0.6 is 11.8 Å². The molecule has 3 N–H and O–H groups in total. The van der Waals surface area contributed by atoms with E-state index in [-0.39, 0.29) is 17.2 Å². The van der Waals surface area contributed by atoms with Crippen molar-refractivity contribution in [1.29, 1.82) is 0 Å². The Balaban J connectivity index is 2.58. The van der Waals surface area contributed by atoms with Crippen molar-refractivity contribution < 1.29 is 9.50 Å². The maximum absolute atomic E-state index is 12.7. The van der Waals surface area contributed by atoms with Crippen molar-refractivity contribution in [2.75, 3.05) is 5.73 Å². The molecule has 2 unspecified atom stereocenters. The average Bonchev–Trinajstić information content (AvgIpc) is 2.15. The normalized spacial score (nSPS) is 14.9. The molecular formula is C11H16FNOS. The Hall–Kier alpha value is -0.740. The van der Waals surface area contributed by atoms with Crippen molar-refractivity contribution >= 4 is 17.4 Å². The second-order valence-electron chi connectivity index (χ2n) is 3.60. The Bertz CT molecular complexity index is 330. The number of anilines is 1. The standard InChI is InChI=1S/C11H16FNOS/c1-7(14)8(2)15-6-9-3-4-10(12)5-11(9)13/h3-5,7-8,14H,6,13H2,1-2H3. The SMILES string of the molecule is CC(O)C(C)SCc1ccc(F)cc1N. The summed E-state index contributed by atoms with van der Waals surface area (Å²) in [6, 6.07) is 4.41. The minimum atomic E-state index is -0.350. The maximum Gasteiger partial charge on any atom is 0.125 e. The highest BCUT2D eigenvalue weighted by molar-refractivity contribution is 7.99. The molecule has 2 atom stereocenters. The van der Waals surface area contributed by atoms with E-state index in [9.17, 15) is 9.50 Å². The topological polar surface area (TPSA) is 46.2 Å². The molecule has 0 aromatic heterocycles. The molecule has 4 heteroatoms. The van der Waals surface area contributed by atoms with Crippen molar-refractivity contribution in [1.82, 2.24) is 0 Å². The lowest BCUT2D eigenvalue weighted by molar-refractivity contribution is 0.196. The summed E-state index contributed by atoms with van der Waals surface area (Å²) in [6.45, 7) is 3.71. The van der Waals surface area contributed by atoms with E-state index in [2.05, 4.69) is 0 Å². The van der Waals surface area contributed by atoms with Gasteiger partial charge in [0.05, 0.1) is 6.10 Å². The molecule has 1 aromatic carbocycles. The lowest BCUT2D eigenvalue weighted by atomic mass is 10.2. The molecule has 0 aliphatic heterocycles. The summed E-state index contributed by atoms with van der Waals surface area (Å²) in [5.74, 6) is 0.378. The van der Waals surface area contributed by atoms with Crippen LogP contribution < -0.4 is 5.73 Å². The Kier molecular flexibility index (Phi) is 4.42. The van der Waals surface area contributed by atoms with Crippen molar-refractivity contribution in [2.45, 2.75) is 31.0 Å². The minimum Gasteiger partial charge on any atom is -0.398 e. The minimum absolute atomic E-state index is 0.148. The van der Waals surface area contributed by atoms with Gasteiger partial charge in [0.1, 0.15) is 5.82 Å². The smallest absolute Gasteiger partial charge is 0.125 e. The van der Waals surface area contributed by atoms with Gasteiger partial charge >= 0.3 is 0 Å². The number of aliphatic hydroxyl groups excluding tert-OH is 1. The molecule has 0 fully saturated rings. The molecule has 0 radical (unpaired) electrons. The van der Waals surface area contributed by atoms with E-state index in [4.69, 9.17) is 5.73 Å². The van der Waals surface area contributed by atoms with Gasteiger partial charge in [-0.15, -0.1) is 0 Å². The summed E-state index contributed by atoms with van der Waals surface area (Å²) in [6.07, 6.45) is -0.350. The quantitative estimate of drug-likeness (QED) is 0.779. The van der Waals surface area contributed by atoms with Crippen LogP contribution in [0, 0.1) is 5.82 Å². The molecule has 0 amide bonds. The molecule has 15 heavy (non-hydrogen) atoms. The first-order valence-electron chi connectivity index (χ1n) is 4.84. The number of hydrogen-bond donors (Lipinski definition) is 2. The van der Waals surface area contributed by atoms with Crippen molar-refractivity contribution in [3.8, 4) is 0 Å². The van der Waals surface area contributed by atoms with E-state index in [1.807, 2.05) is 6.92 Å². The zero-order chi connectivity index (χ0) is 11.4. The summed E-state index contributed by atoms with van der Waals surface area (Å²) in [5.41, 5.74) is 7.05. The summed E-state index contributed by atoms with van der Waals surface area (Å²) in [4.78, 5) is 0.